The van der Waals surface area contributed by atoms with Crippen LogP contribution >= 0.6 is 0 Å². The maximum atomic E-state index is 10.8. The Balaban J connectivity index is 1.32. The molecular formula is C28H29NO3. The van der Waals surface area contributed by atoms with Gasteiger partial charge in [0.25, 0.3) is 0 Å². The Hall–Kier alpha value is -2.27. The van der Waals surface area contributed by atoms with Crippen LogP contribution in [0.15, 0.2) is 66.0 Å². The van der Waals surface area contributed by atoms with Gasteiger partial charge in [-0.05, 0) is 78.3 Å². The van der Waals surface area contributed by atoms with Crippen LogP contribution in [0.1, 0.15) is 51.0 Å². The second kappa shape index (κ2) is 6.19. The van der Waals surface area contributed by atoms with Crippen molar-refractivity contribution in [2.45, 2.75) is 68.9 Å². The lowest BCUT2D eigenvalue weighted by atomic mass is 9.58. The van der Waals surface area contributed by atoms with Crippen LogP contribution in [0, 0.1) is 11.3 Å². The van der Waals surface area contributed by atoms with E-state index in [1.165, 1.54) is 27.5 Å². The van der Waals surface area contributed by atoms with Gasteiger partial charge in [-0.15, -0.1) is 0 Å². The van der Waals surface area contributed by atoms with Crippen LogP contribution in [0.5, 0.6) is 0 Å². The van der Waals surface area contributed by atoms with Crippen LogP contribution in [-0.4, -0.2) is 38.6 Å². The lowest BCUT2D eigenvalue weighted by molar-refractivity contribution is -0.147. The maximum absolute atomic E-state index is 10.8. The first-order valence-electron chi connectivity index (χ1n) is 12.0. The van der Waals surface area contributed by atoms with E-state index >= 15 is 0 Å². The molecule has 2 N–H and O–H groups in total. The van der Waals surface area contributed by atoms with Gasteiger partial charge in [0.05, 0.1) is 17.3 Å². The van der Waals surface area contributed by atoms with Crippen molar-refractivity contribution in [2.75, 3.05) is 0 Å². The summed E-state index contributed by atoms with van der Waals surface area (Å²) in [7, 11) is 0. The maximum Gasteiger partial charge on any atom is 0.104 e. The molecule has 1 saturated heterocycles. The fourth-order valence-corrected chi connectivity index (χ4v) is 7.66. The Kier molecular flexibility index (Phi) is 3.72. The number of nitrogens with zero attached hydrogens (tertiary/aromatic N) is 1. The number of rotatable bonds is 1. The predicted octanol–water partition coefficient (Wildman–Crippen LogP) is 4.72. The van der Waals surface area contributed by atoms with E-state index in [-0.39, 0.29) is 11.0 Å². The van der Waals surface area contributed by atoms with Gasteiger partial charge in [0.1, 0.15) is 6.10 Å². The highest BCUT2D eigenvalue weighted by Gasteiger charge is 2.66. The molecule has 2 aromatic rings. The summed E-state index contributed by atoms with van der Waals surface area (Å²) in [4.78, 5) is 4.32. The minimum absolute atomic E-state index is 0.0169. The van der Waals surface area contributed by atoms with Crippen molar-refractivity contribution in [2.24, 2.45) is 11.3 Å². The van der Waals surface area contributed by atoms with Crippen LogP contribution in [0.25, 0.3) is 16.3 Å². The Morgan fingerprint density at radius 2 is 1.97 bits per heavy atom. The number of fused-ring (bicyclic) bond motifs is 2. The number of allylic oxidation sites excluding steroid dienone is 3. The van der Waals surface area contributed by atoms with E-state index in [4.69, 9.17) is 4.74 Å². The molecule has 2 aliphatic heterocycles. The van der Waals surface area contributed by atoms with Crippen molar-refractivity contribution < 1.29 is 14.9 Å². The van der Waals surface area contributed by atoms with Crippen molar-refractivity contribution in [1.29, 1.82) is 0 Å². The molecule has 1 saturated carbocycles. The molecular weight excluding hydrogens is 398 g/mol. The van der Waals surface area contributed by atoms with Gasteiger partial charge in [0, 0.05) is 29.1 Å². The summed E-state index contributed by atoms with van der Waals surface area (Å²) in [5.74, 6) is 0.385. The van der Waals surface area contributed by atoms with Gasteiger partial charge in [-0.1, -0.05) is 37.3 Å². The summed E-state index contributed by atoms with van der Waals surface area (Å²) in [6.45, 7) is 2.42. The molecule has 32 heavy (non-hydrogen) atoms. The third-order valence-corrected chi connectivity index (χ3v) is 9.33. The highest BCUT2D eigenvalue weighted by atomic mass is 16.5. The van der Waals surface area contributed by atoms with Crippen LogP contribution < -0.4 is 0 Å². The summed E-state index contributed by atoms with van der Waals surface area (Å²) in [6, 6.07) is 8.81. The summed E-state index contributed by atoms with van der Waals surface area (Å²) >= 11 is 0. The first kappa shape index (κ1) is 19.2. The molecule has 2 spiro atoms. The molecule has 0 radical (unpaired) electrons. The fraction of sp³-hybridized carbons (Fsp3) is 0.464. The molecule has 1 aromatic heterocycles. The zero-order valence-corrected chi connectivity index (χ0v) is 18.4. The van der Waals surface area contributed by atoms with E-state index in [9.17, 15) is 10.2 Å². The van der Waals surface area contributed by atoms with Crippen molar-refractivity contribution in [1.82, 2.24) is 4.98 Å². The van der Waals surface area contributed by atoms with E-state index in [1.54, 1.807) is 0 Å². The minimum atomic E-state index is -0.808. The summed E-state index contributed by atoms with van der Waals surface area (Å²) in [5, 5.41) is 23.4. The number of hydrogen-bond donors (Lipinski definition) is 2. The SMILES string of the molecule is CC12CC=C3C=C4[C@@H](O)[C@H](O)CC[C@]45CC[C@]3(O5)[C@@H]1CC=C2c1ccc2ccncc2c1. The van der Waals surface area contributed by atoms with E-state index in [0.29, 0.717) is 12.3 Å². The smallest absolute Gasteiger partial charge is 0.104 e. The average molecular weight is 428 g/mol. The van der Waals surface area contributed by atoms with E-state index < -0.39 is 17.8 Å². The first-order valence-corrected chi connectivity index (χ1v) is 12.0. The van der Waals surface area contributed by atoms with Crippen molar-refractivity contribution in [3.8, 4) is 0 Å². The van der Waals surface area contributed by atoms with E-state index in [1.807, 2.05) is 12.4 Å². The van der Waals surface area contributed by atoms with Gasteiger partial charge in [0.2, 0.25) is 0 Å². The van der Waals surface area contributed by atoms with Crippen LogP contribution in [0.3, 0.4) is 0 Å². The molecule has 3 aliphatic carbocycles. The number of aliphatic hydroxyl groups excluding tert-OH is 2. The molecule has 1 unspecified atom stereocenters. The van der Waals surface area contributed by atoms with Gasteiger partial charge in [0.15, 0.2) is 0 Å². The van der Waals surface area contributed by atoms with Crippen molar-refractivity contribution >= 4 is 16.3 Å². The molecule has 4 heteroatoms. The molecule has 2 fully saturated rings. The molecule has 1 aromatic carbocycles. The number of ether oxygens (including phenoxy) is 1. The lowest BCUT2D eigenvalue weighted by Crippen LogP contribution is -2.56. The van der Waals surface area contributed by atoms with E-state index in [0.717, 1.165) is 37.7 Å². The van der Waals surface area contributed by atoms with Crippen LogP contribution in [0.2, 0.25) is 0 Å². The van der Waals surface area contributed by atoms with Crippen molar-refractivity contribution in [3.63, 3.8) is 0 Å². The third kappa shape index (κ3) is 2.26. The number of hydrogen-bond acceptors (Lipinski definition) is 4. The van der Waals surface area contributed by atoms with E-state index in [2.05, 4.69) is 54.4 Å². The van der Waals surface area contributed by atoms with Crippen LogP contribution in [-0.2, 0) is 4.74 Å². The quantitative estimate of drug-likeness (QED) is 0.691. The Labute approximate surface area is 188 Å². The summed E-state index contributed by atoms with van der Waals surface area (Å²) in [5.41, 5.74) is 4.20. The summed E-state index contributed by atoms with van der Waals surface area (Å²) in [6.07, 6.45) is 14.6. The number of benzene rings is 1. The Morgan fingerprint density at radius 1 is 1.06 bits per heavy atom. The number of aliphatic hydroxyl groups is 2. The third-order valence-electron chi connectivity index (χ3n) is 9.33. The van der Waals surface area contributed by atoms with Crippen LogP contribution in [0.4, 0.5) is 0 Å². The molecule has 164 valence electrons. The number of aromatic nitrogens is 1. The largest absolute Gasteiger partial charge is 0.390 e. The summed E-state index contributed by atoms with van der Waals surface area (Å²) < 4.78 is 7.08. The minimum Gasteiger partial charge on any atom is -0.390 e. The standard InChI is InChI=1S/C28H29NO3/c1-26-9-6-20-15-22-25(31)23(30)7-10-27(22)11-12-28(20,32-27)24(26)5-4-21(26)18-3-2-17-8-13-29-16-19(17)14-18/h2-4,6,8,13-16,23-25,30-31H,5,7,9-12H2,1H3/t23-,24-,25-,26?,27+,28-/m1/s1. The molecule has 6 atom stereocenters. The predicted molar refractivity (Wildman–Crippen MR) is 124 cm³/mol. The molecule has 5 aliphatic rings. The van der Waals surface area contributed by atoms with Gasteiger partial charge >= 0.3 is 0 Å². The topological polar surface area (TPSA) is 62.6 Å². The molecule has 2 bridgehead atoms. The Bertz CT molecular complexity index is 1240. The molecule has 4 nitrogen and oxygen atoms in total. The molecule has 7 rings (SSSR count). The monoisotopic (exact) mass is 427 g/mol. The van der Waals surface area contributed by atoms with Gasteiger partial charge in [-0.25, -0.2) is 0 Å². The second-order valence-corrected chi connectivity index (χ2v) is 10.8. The second-order valence-electron chi connectivity index (χ2n) is 10.8. The van der Waals surface area contributed by atoms with Gasteiger partial charge < -0.3 is 14.9 Å². The van der Waals surface area contributed by atoms with Gasteiger partial charge in [-0.2, -0.15) is 0 Å². The average Bonchev–Trinajstić information content (AvgIpc) is 3.32. The molecule has 3 heterocycles. The zero-order chi connectivity index (χ0) is 21.7. The normalized spacial score (nSPS) is 42.0. The zero-order valence-electron chi connectivity index (χ0n) is 18.4. The molecule has 0 amide bonds. The lowest BCUT2D eigenvalue weighted by Gasteiger charge is -2.54. The highest BCUT2D eigenvalue weighted by Crippen LogP contribution is 2.67. The fourth-order valence-electron chi connectivity index (χ4n) is 7.66. The van der Waals surface area contributed by atoms with Crippen molar-refractivity contribution in [3.05, 3.63) is 71.6 Å². The first-order chi connectivity index (χ1) is 15.5. The number of pyridine rings is 1. The highest BCUT2D eigenvalue weighted by molar-refractivity contribution is 5.87. The Morgan fingerprint density at radius 3 is 2.88 bits per heavy atom. The van der Waals surface area contributed by atoms with Gasteiger partial charge in [-0.3, -0.25) is 4.98 Å².